The van der Waals surface area contributed by atoms with E-state index in [0.29, 0.717) is 19.1 Å². The van der Waals surface area contributed by atoms with Crippen LogP contribution in [0.2, 0.25) is 0 Å². The van der Waals surface area contributed by atoms with Crippen LogP contribution in [0.4, 0.5) is 5.69 Å². The molecule has 0 fully saturated rings. The fraction of sp³-hybridized carbons (Fsp3) is 0.333. The van der Waals surface area contributed by atoms with E-state index in [4.69, 9.17) is 0 Å². The van der Waals surface area contributed by atoms with Gasteiger partial charge in [-0.2, -0.15) is 0 Å². The molecule has 1 atom stereocenters. The molecule has 2 aromatic carbocycles. The quantitative estimate of drug-likeness (QED) is 0.698. The van der Waals surface area contributed by atoms with Crippen molar-refractivity contribution in [2.24, 2.45) is 0 Å². The number of rotatable bonds is 4. The average Bonchev–Trinajstić information content (AvgIpc) is 3.06. The molecule has 1 aliphatic rings. The van der Waals surface area contributed by atoms with Gasteiger partial charge in [0.05, 0.1) is 23.3 Å². The lowest BCUT2D eigenvalue weighted by molar-refractivity contribution is -0.129. The molecular formula is C21H23N3OS. The van der Waals surface area contributed by atoms with Crippen LogP contribution in [-0.4, -0.2) is 35.4 Å². The molecule has 26 heavy (non-hydrogen) atoms. The molecule has 0 spiro atoms. The summed E-state index contributed by atoms with van der Waals surface area (Å²) in [5.41, 5.74) is 3.55. The SMILES string of the molecule is C[C@@H]1CCc2ccccc2N1CC(=O)N(C)Cc1nc2ccccc2s1. The third-order valence-corrected chi connectivity index (χ3v) is 6.13. The summed E-state index contributed by atoms with van der Waals surface area (Å²) in [6, 6.07) is 16.9. The van der Waals surface area contributed by atoms with Crippen LogP contribution in [0.15, 0.2) is 48.5 Å². The predicted octanol–water partition coefficient (Wildman–Crippen LogP) is 4.10. The molecule has 2 heterocycles. The van der Waals surface area contributed by atoms with Crippen molar-refractivity contribution in [1.29, 1.82) is 0 Å². The van der Waals surface area contributed by atoms with Gasteiger partial charge in [0, 0.05) is 18.8 Å². The third kappa shape index (κ3) is 3.31. The number of nitrogens with zero attached hydrogens (tertiary/aromatic N) is 3. The van der Waals surface area contributed by atoms with Crippen molar-refractivity contribution in [3.63, 3.8) is 0 Å². The summed E-state index contributed by atoms with van der Waals surface area (Å²) < 4.78 is 1.17. The first-order chi connectivity index (χ1) is 12.6. The Labute approximate surface area is 158 Å². The van der Waals surface area contributed by atoms with Gasteiger partial charge in [-0.1, -0.05) is 30.3 Å². The van der Waals surface area contributed by atoms with Gasteiger partial charge < -0.3 is 9.80 Å². The summed E-state index contributed by atoms with van der Waals surface area (Å²) in [5.74, 6) is 0.132. The standard InChI is InChI=1S/C21H23N3OS/c1-15-11-12-16-7-3-5-9-18(16)24(15)14-21(25)23(2)13-20-22-17-8-4-6-10-19(17)26-20/h3-10,15H,11-14H2,1-2H3/t15-/m1/s1. The minimum atomic E-state index is 0.132. The molecule has 5 heteroatoms. The molecule has 0 unspecified atom stereocenters. The lowest BCUT2D eigenvalue weighted by Gasteiger charge is -2.37. The minimum absolute atomic E-state index is 0.132. The number of aromatic nitrogens is 1. The van der Waals surface area contributed by atoms with E-state index in [0.717, 1.165) is 23.4 Å². The minimum Gasteiger partial charge on any atom is -0.359 e. The Morgan fingerprint density at radius 1 is 1.23 bits per heavy atom. The van der Waals surface area contributed by atoms with Gasteiger partial charge in [0.15, 0.2) is 0 Å². The number of carbonyl (C=O) groups excluding carboxylic acids is 1. The van der Waals surface area contributed by atoms with E-state index in [1.54, 1.807) is 16.2 Å². The van der Waals surface area contributed by atoms with Crippen molar-refractivity contribution >= 4 is 33.1 Å². The van der Waals surface area contributed by atoms with Crippen molar-refractivity contribution in [2.45, 2.75) is 32.4 Å². The number of hydrogen-bond acceptors (Lipinski definition) is 4. The number of fused-ring (bicyclic) bond motifs is 2. The van der Waals surface area contributed by atoms with Crippen LogP contribution in [0.3, 0.4) is 0 Å². The van der Waals surface area contributed by atoms with Gasteiger partial charge in [0.1, 0.15) is 5.01 Å². The third-order valence-electron chi connectivity index (χ3n) is 5.11. The van der Waals surface area contributed by atoms with E-state index in [1.807, 2.05) is 25.2 Å². The van der Waals surface area contributed by atoms with Gasteiger partial charge in [-0.25, -0.2) is 4.98 Å². The van der Waals surface area contributed by atoms with E-state index in [-0.39, 0.29) is 5.91 Å². The lowest BCUT2D eigenvalue weighted by Crippen LogP contribution is -2.44. The molecule has 0 bridgehead atoms. The van der Waals surface area contributed by atoms with E-state index >= 15 is 0 Å². The molecule has 0 N–H and O–H groups in total. The fourth-order valence-electron chi connectivity index (χ4n) is 3.55. The number of benzene rings is 2. The van der Waals surface area contributed by atoms with Gasteiger partial charge in [-0.15, -0.1) is 11.3 Å². The molecule has 1 aromatic heterocycles. The number of aryl methyl sites for hydroxylation is 1. The second kappa shape index (κ2) is 7.08. The summed E-state index contributed by atoms with van der Waals surface area (Å²) in [6.07, 6.45) is 2.18. The van der Waals surface area contributed by atoms with Crippen LogP contribution in [0.5, 0.6) is 0 Å². The second-order valence-corrected chi connectivity index (χ2v) is 8.08. The van der Waals surface area contributed by atoms with Gasteiger partial charge in [0.25, 0.3) is 0 Å². The van der Waals surface area contributed by atoms with Crippen LogP contribution < -0.4 is 4.90 Å². The normalized spacial score (nSPS) is 16.5. The molecule has 3 aromatic rings. The molecule has 1 aliphatic heterocycles. The van der Waals surface area contributed by atoms with E-state index < -0.39 is 0 Å². The highest BCUT2D eigenvalue weighted by molar-refractivity contribution is 7.18. The van der Waals surface area contributed by atoms with Crippen LogP contribution in [0.1, 0.15) is 23.9 Å². The van der Waals surface area contributed by atoms with E-state index in [9.17, 15) is 4.79 Å². The summed E-state index contributed by atoms with van der Waals surface area (Å²) in [4.78, 5) is 21.5. The Balaban J connectivity index is 1.47. The highest BCUT2D eigenvalue weighted by atomic mass is 32.1. The monoisotopic (exact) mass is 365 g/mol. The van der Waals surface area contributed by atoms with Crippen LogP contribution in [-0.2, 0) is 17.8 Å². The molecule has 4 nitrogen and oxygen atoms in total. The zero-order chi connectivity index (χ0) is 18.1. The lowest BCUT2D eigenvalue weighted by atomic mass is 9.96. The zero-order valence-electron chi connectivity index (χ0n) is 15.2. The maximum Gasteiger partial charge on any atom is 0.242 e. The van der Waals surface area contributed by atoms with E-state index in [2.05, 4.69) is 47.1 Å². The van der Waals surface area contributed by atoms with Gasteiger partial charge >= 0.3 is 0 Å². The van der Waals surface area contributed by atoms with Gasteiger partial charge in [-0.05, 0) is 43.5 Å². The number of likely N-dealkylation sites (N-methyl/N-ethyl adjacent to an activating group) is 1. The highest BCUT2D eigenvalue weighted by Crippen LogP contribution is 2.30. The molecule has 4 rings (SSSR count). The van der Waals surface area contributed by atoms with Crippen molar-refractivity contribution in [2.75, 3.05) is 18.5 Å². The predicted molar refractivity (Wildman–Crippen MR) is 108 cm³/mol. The first-order valence-corrected chi connectivity index (χ1v) is 9.86. The smallest absolute Gasteiger partial charge is 0.242 e. The maximum atomic E-state index is 12.8. The summed E-state index contributed by atoms with van der Waals surface area (Å²) in [5, 5.41) is 0.981. The second-order valence-electron chi connectivity index (χ2n) is 6.97. The Hall–Kier alpha value is -2.40. The molecule has 0 saturated carbocycles. The van der Waals surface area contributed by atoms with E-state index in [1.165, 1.54) is 16.0 Å². The molecule has 0 aliphatic carbocycles. The molecule has 0 saturated heterocycles. The Bertz CT molecular complexity index is 903. The highest BCUT2D eigenvalue weighted by Gasteiger charge is 2.25. The van der Waals surface area contributed by atoms with Gasteiger partial charge in [-0.3, -0.25) is 4.79 Å². The molecular weight excluding hydrogens is 342 g/mol. The van der Waals surface area contributed by atoms with Crippen molar-refractivity contribution in [1.82, 2.24) is 9.88 Å². The van der Waals surface area contributed by atoms with Gasteiger partial charge in [0.2, 0.25) is 5.91 Å². The summed E-state index contributed by atoms with van der Waals surface area (Å²) in [6.45, 7) is 3.18. The number of para-hydroxylation sites is 2. The summed E-state index contributed by atoms with van der Waals surface area (Å²) >= 11 is 1.66. The number of thiazole rings is 1. The maximum absolute atomic E-state index is 12.8. The fourth-order valence-corrected chi connectivity index (χ4v) is 4.57. The van der Waals surface area contributed by atoms with Crippen LogP contribution in [0.25, 0.3) is 10.2 Å². The number of anilines is 1. The topological polar surface area (TPSA) is 36.4 Å². The Morgan fingerprint density at radius 3 is 2.85 bits per heavy atom. The largest absolute Gasteiger partial charge is 0.359 e. The summed E-state index contributed by atoms with van der Waals surface area (Å²) in [7, 11) is 1.87. The number of amides is 1. The number of carbonyl (C=O) groups is 1. The van der Waals surface area contributed by atoms with Crippen molar-refractivity contribution < 1.29 is 4.79 Å². The number of hydrogen-bond donors (Lipinski definition) is 0. The first-order valence-electron chi connectivity index (χ1n) is 9.05. The Kier molecular flexibility index (Phi) is 4.64. The average molecular weight is 366 g/mol. The van der Waals surface area contributed by atoms with Crippen LogP contribution in [0, 0.1) is 0 Å². The molecule has 0 radical (unpaired) electrons. The Morgan fingerprint density at radius 2 is 2.00 bits per heavy atom. The van der Waals surface area contributed by atoms with Crippen LogP contribution >= 0.6 is 11.3 Å². The van der Waals surface area contributed by atoms with Crippen molar-refractivity contribution in [3.8, 4) is 0 Å². The van der Waals surface area contributed by atoms with Crippen molar-refractivity contribution in [3.05, 3.63) is 59.1 Å². The first kappa shape index (κ1) is 17.0. The zero-order valence-corrected chi connectivity index (χ0v) is 16.0. The molecule has 1 amide bonds. The molecule has 134 valence electrons.